The lowest BCUT2D eigenvalue weighted by Gasteiger charge is -2.37. The van der Waals surface area contributed by atoms with Crippen molar-refractivity contribution in [2.45, 2.75) is 44.6 Å². The van der Waals surface area contributed by atoms with Gasteiger partial charge in [-0.15, -0.1) is 0 Å². The van der Waals surface area contributed by atoms with E-state index in [0.29, 0.717) is 24.7 Å². The lowest BCUT2D eigenvalue weighted by atomic mass is 9.63. The molecule has 1 aromatic carbocycles. The fourth-order valence-electron chi connectivity index (χ4n) is 7.62. The standard InChI is InChI=1S/C30H31N3O3/c34-28(32-20-5-1-17(2-6-20)15-18-11-13-31-14-12-18)19-3-7-21(8-4-19)33-29(35)26-22-9-10-23(25-16-24(22)25)27(26)30(33)36/h1-2,5-6,9-14,19,21-27H,3-4,7-8,15-16H2,(H,32,34)/t19?,21?,22-,23+,24-,25-,26+,27-/m1/s1. The second kappa shape index (κ2) is 8.39. The Balaban J connectivity index is 0.950. The van der Waals surface area contributed by atoms with Crippen molar-refractivity contribution in [3.05, 3.63) is 72.1 Å². The van der Waals surface area contributed by atoms with Crippen molar-refractivity contribution in [3.8, 4) is 0 Å². The number of carbonyl (C=O) groups excluding carboxylic acids is 3. The fraction of sp³-hybridized carbons (Fsp3) is 0.467. The second-order valence-electron chi connectivity index (χ2n) is 11.4. The zero-order valence-corrected chi connectivity index (χ0v) is 20.3. The van der Waals surface area contributed by atoms with Gasteiger partial charge in [-0.2, -0.15) is 0 Å². The number of hydrogen-bond donors (Lipinski definition) is 1. The average Bonchev–Trinajstić information content (AvgIpc) is 3.69. The van der Waals surface area contributed by atoms with Gasteiger partial charge in [0.2, 0.25) is 17.7 Å². The van der Waals surface area contributed by atoms with Gasteiger partial charge in [0.15, 0.2) is 0 Å². The van der Waals surface area contributed by atoms with Crippen molar-refractivity contribution < 1.29 is 14.4 Å². The van der Waals surface area contributed by atoms with Gasteiger partial charge in [-0.1, -0.05) is 24.3 Å². The second-order valence-corrected chi connectivity index (χ2v) is 11.4. The molecule has 4 fully saturated rings. The Morgan fingerprint density at radius 3 is 2.03 bits per heavy atom. The molecule has 5 aliphatic carbocycles. The molecule has 1 aromatic heterocycles. The molecule has 2 bridgehead atoms. The summed E-state index contributed by atoms with van der Waals surface area (Å²) in [6.45, 7) is 0. The zero-order valence-electron chi connectivity index (χ0n) is 20.3. The predicted octanol–water partition coefficient (Wildman–Crippen LogP) is 4.22. The number of pyridine rings is 1. The summed E-state index contributed by atoms with van der Waals surface area (Å²) in [5, 5.41) is 3.07. The first kappa shape index (κ1) is 22.0. The maximum absolute atomic E-state index is 13.4. The van der Waals surface area contributed by atoms with Crippen LogP contribution in [0.2, 0.25) is 0 Å². The summed E-state index contributed by atoms with van der Waals surface area (Å²) in [5.41, 5.74) is 3.19. The third-order valence-corrected chi connectivity index (χ3v) is 9.51. The Morgan fingerprint density at radius 2 is 1.42 bits per heavy atom. The number of allylic oxidation sites excluding steroid dienone is 2. The molecule has 0 radical (unpaired) electrons. The number of hydrogen-bond acceptors (Lipinski definition) is 4. The molecule has 2 aromatic rings. The zero-order chi connectivity index (χ0) is 24.4. The van der Waals surface area contributed by atoms with Crippen LogP contribution in [0.3, 0.4) is 0 Å². The molecule has 0 unspecified atom stereocenters. The molecule has 2 heterocycles. The quantitative estimate of drug-likeness (QED) is 0.512. The summed E-state index contributed by atoms with van der Waals surface area (Å²) in [4.78, 5) is 45.4. The van der Waals surface area contributed by atoms with Gasteiger partial charge in [-0.3, -0.25) is 24.3 Å². The minimum absolute atomic E-state index is 0.0328. The van der Waals surface area contributed by atoms with E-state index in [1.165, 1.54) is 17.5 Å². The van der Waals surface area contributed by atoms with Crippen molar-refractivity contribution >= 4 is 23.4 Å². The molecule has 0 spiro atoms. The summed E-state index contributed by atoms with van der Waals surface area (Å²) < 4.78 is 0. The largest absolute Gasteiger partial charge is 0.326 e. The number of anilines is 1. The highest BCUT2D eigenvalue weighted by molar-refractivity contribution is 6.06. The van der Waals surface area contributed by atoms with Gasteiger partial charge in [-0.05, 0) is 97.6 Å². The molecule has 6 atom stereocenters. The Kier molecular flexibility index (Phi) is 5.12. The third kappa shape index (κ3) is 3.53. The number of aromatic nitrogens is 1. The summed E-state index contributed by atoms with van der Waals surface area (Å²) in [7, 11) is 0. The molecule has 1 saturated heterocycles. The number of likely N-dealkylation sites (tertiary alicyclic amines) is 1. The highest BCUT2D eigenvalue weighted by atomic mass is 16.2. The summed E-state index contributed by atoms with van der Waals surface area (Å²) >= 11 is 0. The van der Waals surface area contributed by atoms with Gasteiger partial charge >= 0.3 is 0 Å². The minimum atomic E-state index is -0.126. The van der Waals surface area contributed by atoms with Crippen molar-refractivity contribution in [1.82, 2.24) is 9.88 Å². The van der Waals surface area contributed by atoms with Gasteiger partial charge in [0.25, 0.3) is 0 Å². The first-order valence-corrected chi connectivity index (χ1v) is 13.4. The molecule has 1 aliphatic heterocycles. The number of imide groups is 1. The monoisotopic (exact) mass is 481 g/mol. The summed E-state index contributed by atoms with van der Waals surface area (Å²) in [5.74, 6) is 1.61. The molecule has 6 nitrogen and oxygen atoms in total. The van der Waals surface area contributed by atoms with Crippen molar-refractivity contribution in [2.24, 2.45) is 41.4 Å². The number of amides is 3. The van der Waals surface area contributed by atoms with E-state index in [1.54, 1.807) is 17.3 Å². The van der Waals surface area contributed by atoms with Gasteiger partial charge in [-0.25, -0.2) is 0 Å². The van der Waals surface area contributed by atoms with Crippen LogP contribution in [0, 0.1) is 41.4 Å². The van der Waals surface area contributed by atoms with Crippen LogP contribution >= 0.6 is 0 Å². The first-order chi connectivity index (χ1) is 17.6. The van der Waals surface area contributed by atoms with E-state index < -0.39 is 0 Å². The Bertz CT molecular complexity index is 1200. The maximum Gasteiger partial charge on any atom is 0.233 e. The predicted molar refractivity (Wildman–Crippen MR) is 134 cm³/mol. The van der Waals surface area contributed by atoms with Crippen LogP contribution < -0.4 is 5.32 Å². The molecule has 6 heteroatoms. The lowest BCUT2D eigenvalue weighted by molar-refractivity contribution is -0.144. The number of rotatable bonds is 5. The molecule has 8 rings (SSSR count). The smallest absolute Gasteiger partial charge is 0.233 e. The Labute approximate surface area is 211 Å². The minimum Gasteiger partial charge on any atom is -0.326 e. The van der Waals surface area contributed by atoms with E-state index >= 15 is 0 Å². The van der Waals surface area contributed by atoms with E-state index in [-0.39, 0.29) is 53.4 Å². The summed E-state index contributed by atoms with van der Waals surface area (Å²) in [6, 6.07) is 12.0. The number of nitrogens with one attached hydrogen (secondary N) is 1. The fourth-order valence-corrected chi connectivity index (χ4v) is 7.62. The van der Waals surface area contributed by atoms with Gasteiger partial charge in [0.1, 0.15) is 0 Å². The van der Waals surface area contributed by atoms with Crippen LogP contribution in [-0.4, -0.2) is 33.6 Å². The SMILES string of the molecule is O=C(Nc1ccc(Cc2ccncc2)cc1)C1CCC(N2C(=O)[C@@H]3[C@H]4C=C[C@H]([C@H]5C[C@H]45)[C@@H]3C2=O)CC1. The van der Waals surface area contributed by atoms with Gasteiger partial charge in [0.05, 0.1) is 11.8 Å². The van der Waals surface area contributed by atoms with E-state index in [9.17, 15) is 14.4 Å². The van der Waals surface area contributed by atoms with Crippen molar-refractivity contribution in [2.75, 3.05) is 5.32 Å². The molecule has 3 saturated carbocycles. The first-order valence-electron chi connectivity index (χ1n) is 13.4. The molecule has 36 heavy (non-hydrogen) atoms. The molecular formula is C30H31N3O3. The topological polar surface area (TPSA) is 79.4 Å². The van der Waals surface area contributed by atoms with Crippen LogP contribution in [0.15, 0.2) is 60.9 Å². The Morgan fingerprint density at radius 1 is 0.833 bits per heavy atom. The van der Waals surface area contributed by atoms with E-state index in [1.807, 2.05) is 36.4 Å². The molecule has 184 valence electrons. The normalized spacial score (nSPS) is 35.9. The van der Waals surface area contributed by atoms with Crippen LogP contribution in [0.1, 0.15) is 43.2 Å². The van der Waals surface area contributed by atoms with Crippen molar-refractivity contribution in [1.29, 1.82) is 0 Å². The van der Waals surface area contributed by atoms with Crippen LogP contribution in [0.25, 0.3) is 0 Å². The molecule has 3 amide bonds. The lowest BCUT2D eigenvalue weighted by Crippen LogP contribution is -2.44. The average molecular weight is 482 g/mol. The summed E-state index contributed by atoms with van der Waals surface area (Å²) in [6.07, 6.45) is 12.9. The van der Waals surface area contributed by atoms with Gasteiger partial charge in [0, 0.05) is 30.0 Å². The van der Waals surface area contributed by atoms with Crippen LogP contribution in [0.4, 0.5) is 5.69 Å². The maximum atomic E-state index is 13.4. The molecule has 6 aliphatic rings. The van der Waals surface area contributed by atoms with Crippen LogP contribution in [-0.2, 0) is 20.8 Å². The van der Waals surface area contributed by atoms with E-state index in [4.69, 9.17) is 0 Å². The van der Waals surface area contributed by atoms with Gasteiger partial charge < -0.3 is 5.32 Å². The number of benzene rings is 1. The Hall–Kier alpha value is -3.28. The number of nitrogens with zero attached hydrogens (tertiary/aromatic N) is 2. The van der Waals surface area contributed by atoms with E-state index in [2.05, 4.69) is 22.5 Å². The van der Waals surface area contributed by atoms with Crippen LogP contribution in [0.5, 0.6) is 0 Å². The highest BCUT2D eigenvalue weighted by Crippen LogP contribution is 2.65. The van der Waals surface area contributed by atoms with Crippen molar-refractivity contribution in [3.63, 3.8) is 0 Å². The third-order valence-electron chi connectivity index (χ3n) is 9.51. The highest BCUT2D eigenvalue weighted by Gasteiger charge is 2.67. The molecular weight excluding hydrogens is 450 g/mol. The number of carbonyl (C=O) groups is 3. The molecule has 1 N–H and O–H groups in total. The van der Waals surface area contributed by atoms with E-state index in [0.717, 1.165) is 24.9 Å².